The summed E-state index contributed by atoms with van der Waals surface area (Å²) in [7, 11) is -1.65. The first-order valence-electron chi connectivity index (χ1n) is 25.2. The molecule has 8 atom stereocenters. The van der Waals surface area contributed by atoms with E-state index >= 15 is 0 Å². The van der Waals surface area contributed by atoms with E-state index in [1.54, 1.807) is 9.80 Å². The lowest BCUT2D eigenvalue weighted by atomic mass is 10.0. The monoisotopic (exact) mass is 977 g/mol. The molecule has 388 valence electrons. The molecule has 6 unspecified atom stereocenters. The van der Waals surface area contributed by atoms with Crippen LogP contribution < -0.4 is 44.2 Å². The molecule has 2 aromatic rings. The molecule has 6 amide bonds. The number of carbonyl (C=O) groups excluding carboxylic acids is 6. The van der Waals surface area contributed by atoms with Gasteiger partial charge in [-0.15, -0.1) is 0 Å². The minimum Gasteiger partial charge on any atom is -0.402 e. The number of unbranched alkanes of at least 4 members (excludes halogenated alkanes) is 2. The third kappa shape index (κ3) is 19.7. The molecule has 4 rings (SSSR count). The highest BCUT2D eigenvalue weighted by Crippen LogP contribution is 2.21. The SMILES string of the molecule is CC(C)CC(NC(=O)C(N)Cc1ccccc1)C(=O)NC(CCCCN)C(=O)N1CC[C@H](OB(O)O[C@H]2CCN(C(=O)C(CCCCN)NC(=O)C(CC(C)C)NC(=O)C(N)Cc3ccccc3)C2)C1. The van der Waals surface area contributed by atoms with E-state index in [4.69, 9.17) is 32.2 Å². The normalized spacial score (nSPS) is 18.4. The Balaban J connectivity index is 1.31. The lowest BCUT2D eigenvalue weighted by molar-refractivity contribution is -0.137. The molecule has 2 fully saturated rings. The molecule has 13 N–H and O–H groups in total. The van der Waals surface area contributed by atoms with Crippen molar-refractivity contribution in [3.63, 3.8) is 0 Å². The molecule has 19 nitrogen and oxygen atoms in total. The average Bonchev–Trinajstić information content (AvgIpc) is 4.00. The fraction of sp³-hybridized carbons (Fsp3) is 0.640. The van der Waals surface area contributed by atoms with Crippen molar-refractivity contribution >= 4 is 42.8 Å². The van der Waals surface area contributed by atoms with Gasteiger partial charge in [0.1, 0.15) is 24.2 Å². The lowest BCUT2D eigenvalue weighted by Crippen LogP contribution is -2.56. The van der Waals surface area contributed by atoms with E-state index in [1.165, 1.54) is 0 Å². The smallest absolute Gasteiger partial charge is 0.402 e. The maximum Gasteiger partial charge on any atom is 0.637 e. The second kappa shape index (κ2) is 30.0. The number of amides is 6. The molecule has 70 heavy (non-hydrogen) atoms. The highest BCUT2D eigenvalue weighted by atomic mass is 16.7. The zero-order valence-electron chi connectivity index (χ0n) is 41.8. The van der Waals surface area contributed by atoms with Crippen LogP contribution >= 0.6 is 0 Å². The largest absolute Gasteiger partial charge is 0.637 e. The number of nitrogens with zero attached hydrogens (tertiary/aromatic N) is 2. The summed E-state index contributed by atoms with van der Waals surface area (Å²) in [5.74, 6) is -2.43. The van der Waals surface area contributed by atoms with Crippen molar-refractivity contribution in [1.82, 2.24) is 31.1 Å². The summed E-state index contributed by atoms with van der Waals surface area (Å²) in [4.78, 5) is 85.2. The van der Waals surface area contributed by atoms with Crippen LogP contribution in [0.25, 0.3) is 0 Å². The molecular weight excluding hydrogens is 895 g/mol. The Bertz CT molecular complexity index is 1800. The fourth-order valence-electron chi connectivity index (χ4n) is 8.81. The first-order chi connectivity index (χ1) is 33.5. The fourth-order valence-corrected chi connectivity index (χ4v) is 8.81. The number of nitrogens with two attached hydrogens (primary N) is 4. The molecular formula is C50H81BN10O9. The Hall–Kier alpha value is -4.96. The topological polar surface area (TPSA) is 300 Å². The van der Waals surface area contributed by atoms with Gasteiger partial charge in [0, 0.05) is 26.2 Å². The summed E-state index contributed by atoms with van der Waals surface area (Å²) >= 11 is 0. The zero-order chi connectivity index (χ0) is 51.2. The first kappa shape index (κ1) is 57.6. The maximum absolute atomic E-state index is 14.0. The molecule has 0 saturated carbocycles. The van der Waals surface area contributed by atoms with Gasteiger partial charge in [-0.05, 0) is 113 Å². The standard InChI is InChI=1S/C50H81BN10O9/c1-33(2)27-43(58-45(62)39(54)29-35-15-7-5-8-16-35)47(64)56-41(19-11-13-23-52)49(66)60-25-21-37(31-60)69-51(68)70-38-22-26-61(32-38)50(67)42(20-12-14-24-53)57-48(65)44(28-34(3)4)59-46(63)40(55)30-36-17-9-6-10-18-36/h5-10,15-18,33-34,37-44,68H,11-14,19-32,52-55H2,1-4H3,(H,56,64)(H,57,65)(H,58,62)(H,59,63)/t37-,38-,39?,40?,41?,42?,43?,44?/m0/s1. The summed E-state index contributed by atoms with van der Waals surface area (Å²) in [6, 6.07) is 13.4. The lowest BCUT2D eigenvalue weighted by Gasteiger charge is -2.28. The van der Waals surface area contributed by atoms with Gasteiger partial charge >= 0.3 is 7.32 Å². The summed E-state index contributed by atoms with van der Waals surface area (Å²) in [6.45, 7) is 9.49. The van der Waals surface area contributed by atoms with E-state index in [1.807, 2.05) is 88.4 Å². The third-order valence-electron chi connectivity index (χ3n) is 12.6. The van der Waals surface area contributed by atoms with Crippen LogP contribution in [0.1, 0.15) is 103 Å². The minimum atomic E-state index is -1.65. The van der Waals surface area contributed by atoms with Crippen molar-refractivity contribution in [2.24, 2.45) is 34.8 Å². The average molecular weight is 977 g/mol. The van der Waals surface area contributed by atoms with Crippen molar-refractivity contribution in [2.45, 2.75) is 153 Å². The molecule has 2 aliphatic heterocycles. The molecule has 0 bridgehead atoms. The summed E-state index contributed by atoms with van der Waals surface area (Å²) in [6.07, 6.45) is 4.04. The van der Waals surface area contributed by atoms with Crippen molar-refractivity contribution < 1.29 is 43.1 Å². The second-order valence-corrected chi connectivity index (χ2v) is 19.6. The van der Waals surface area contributed by atoms with Gasteiger partial charge in [-0.25, -0.2) is 0 Å². The van der Waals surface area contributed by atoms with Crippen LogP contribution in [0, 0.1) is 11.8 Å². The van der Waals surface area contributed by atoms with Crippen LogP contribution in [0.5, 0.6) is 0 Å². The number of hydrogen-bond acceptors (Lipinski definition) is 13. The third-order valence-corrected chi connectivity index (χ3v) is 12.6. The maximum atomic E-state index is 14.0. The van der Waals surface area contributed by atoms with Gasteiger partial charge in [-0.2, -0.15) is 0 Å². The van der Waals surface area contributed by atoms with Crippen molar-refractivity contribution in [1.29, 1.82) is 0 Å². The van der Waals surface area contributed by atoms with Crippen LogP contribution in [0.3, 0.4) is 0 Å². The van der Waals surface area contributed by atoms with Crippen LogP contribution in [-0.2, 0) is 50.9 Å². The number of rotatable bonds is 30. The molecule has 0 radical (unpaired) electrons. The van der Waals surface area contributed by atoms with E-state index in [2.05, 4.69) is 21.3 Å². The zero-order valence-corrected chi connectivity index (χ0v) is 41.8. The second-order valence-electron chi connectivity index (χ2n) is 19.6. The Morgan fingerprint density at radius 1 is 0.586 bits per heavy atom. The van der Waals surface area contributed by atoms with E-state index in [9.17, 15) is 33.8 Å². The van der Waals surface area contributed by atoms with E-state index in [0.29, 0.717) is 103 Å². The van der Waals surface area contributed by atoms with E-state index in [0.717, 1.165) is 11.1 Å². The molecule has 2 aromatic carbocycles. The molecule has 0 spiro atoms. The quantitative estimate of drug-likeness (QED) is 0.0384. The predicted molar refractivity (Wildman–Crippen MR) is 269 cm³/mol. The first-order valence-corrected chi connectivity index (χ1v) is 25.2. The van der Waals surface area contributed by atoms with Crippen LogP contribution in [0.15, 0.2) is 60.7 Å². The van der Waals surface area contributed by atoms with Crippen molar-refractivity contribution in [3.8, 4) is 0 Å². The summed E-state index contributed by atoms with van der Waals surface area (Å²) in [5.41, 5.74) is 25.8. The summed E-state index contributed by atoms with van der Waals surface area (Å²) in [5, 5.41) is 22.4. The minimum absolute atomic E-state index is 0.0487. The van der Waals surface area contributed by atoms with Gasteiger partial charge in [0.2, 0.25) is 35.4 Å². The highest BCUT2D eigenvalue weighted by molar-refractivity contribution is 6.34. The Kier molecular flexibility index (Phi) is 24.7. The number of hydrogen-bond donors (Lipinski definition) is 9. The molecule has 2 saturated heterocycles. The van der Waals surface area contributed by atoms with E-state index < -0.39 is 79.4 Å². The molecule has 2 heterocycles. The number of benzene rings is 2. The van der Waals surface area contributed by atoms with Crippen LogP contribution in [0.2, 0.25) is 0 Å². The van der Waals surface area contributed by atoms with Crippen molar-refractivity contribution in [3.05, 3.63) is 71.8 Å². The predicted octanol–water partition coefficient (Wildman–Crippen LogP) is 0.628. The van der Waals surface area contributed by atoms with Crippen LogP contribution in [-0.4, -0.2) is 145 Å². The van der Waals surface area contributed by atoms with Gasteiger partial charge in [0.15, 0.2) is 0 Å². The van der Waals surface area contributed by atoms with Gasteiger partial charge in [0.25, 0.3) is 0 Å². The molecule has 0 aromatic heterocycles. The molecule has 20 heteroatoms. The van der Waals surface area contributed by atoms with E-state index in [-0.39, 0.29) is 36.7 Å². The Morgan fingerprint density at radius 3 is 1.29 bits per heavy atom. The van der Waals surface area contributed by atoms with Gasteiger partial charge in [-0.1, -0.05) is 88.4 Å². The number of likely N-dealkylation sites (tertiary alicyclic amines) is 2. The Labute approximate surface area is 414 Å². The molecule has 0 aliphatic carbocycles. The number of carbonyl (C=O) groups is 6. The summed E-state index contributed by atoms with van der Waals surface area (Å²) < 4.78 is 11.7. The highest BCUT2D eigenvalue weighted by Gasteiger charge is 2.39. The van der Waals surface area contributed by atoms with Crippen LogP contribution in [0.4, 0.5) is 0 Å². The Morgan fingerprint density at radius 2 is 0.943 bits per heavy atom. The van der Waals surface area contributed by atoms with Gasteiger partial charge < -0.3 is 68.3 Å². The molecule has 2 aliphatic rings. The van der Waals surface area contributed by atoms with Crippen molar-refractivity contribution in [2.75, 3.05) is 39.3 Å². The van der Waals surface area contributed by atoms with Gasteiger partial charge in [0.05, 0.1) is 24.3 Å². The number of nitrogens with one attached hydrogen (secondary N) is 4. The van der Waals surface area contributed by atoms with Gasteiger partial charge in [-0.3, -0.25) is 28.8 Å².